The molecule has 1 aromatic carbocycles. The summed E-state index contributed by atoms with van der Waals surface area (Å²) in [6, 6.07) is 5.38. The van der Waals surface area contributed by atoms with Crippen molar-refractivity contribution in [3.63, 3.8) is 0 Å². The Morgan fingerprint density at radius 1 is 1.10 bits per heavy atom. The Kier molecular flexibility index (Phi) is 3.65. The molecule has 21 heavy (non-hydrogen) atoms. The van der Waals surface area contributed by atoms with Gasteiger partial charge in [0.25, 0.3) is 5.91 Å². The molecule has 2 saturated heterocycles. The lowest BCUT2D eigenvalue weighted by molar-refractivity contribution is -0.137. The van der Waals surface area contributed by atoms with Crippen molar-refractivity contribution in [3.8, 4) is 0 Å². The van der Waals surface area contributed by atoms with E-state index in [1.54, 1.807) is 0 Å². The van der Waals surface area contributed by atoms with Gasteiger partial charge in [0.15, 0.2) is 0 Å². The van der Waals surface area contributed by atoms with Crippen molar-refractivity contribution >= 4 is 5.91 Å². The molecule has 2 heterocycles. The van der Waals surface area contributed by atoms with Crippen LogP contribution in [-0.2, 0) is 6.18 Å². The number of carbonyl (C=O) groups excluding carboxylic acids is 1. The molecule has 0 spiro atoms. The second kappa shape index (κ2) is 5.33. The number of alkyl halides is 3. The molecule has 1 aromatic rings. The highest BCUT2D eigenvalue weighted by atomic mass is 19.4. The van der Waals surface area contributed by atoms with E-state index in [-0.39, 0.29) is 17.5 Å². The van der Waals surface area contributed by atoms with Crippen molar-refractivity contribution in [2.45, 2.75) is 50.0 Å². The number of amides is 1. The molecular formula is C15H17F3N2O. The van der Waals surface area contributed by atoms with Crippen LogP contribution in [0.25, 0.3) is 0 Å². The van der Waals surface area contributed by atoms with E-state index in [1.165, 1.54) is 12.1 Å². The standard InChI is InChI=1S/C15H17F3N2O/c16-15(17,18)10-3-1-9(2-4-10)14(21)20-13-7-11-5-6-12(8-13)19-11/h1-4,11-13,19H,5-8H2,(H,20,21). The zero-order valence-corrected chi connectivity index (χ0v) is 11.4. The molecule has 2 fully saturated rings. The average molecular weight is 298 g/mol. The number of hydrogen-bond acceptors (Lipinski definition) is 2. The summed E-state index contributed by atoms with van der Waals surface area (Å²) in [6.07, 6.45) is -0.316. The number of benzene rings is 1. The normalized spacial score (nSPS) is 28.4. The zero-order valence-electron chi connectivity index (χ0n) is 11.4. The summed E-state index contributed by atoms with van der Waals surface area (Å²) < 4.78 is 37.4. The fourth-order valence-electron chi connectivity index (χ4n) is 3.25. The van der Waals surface area contributed by atoms with Gasteiger partial charge in [-0.2, -0.15) is 13.2 Å². The first-order valence-corrected chi connectivity index (χ1v) is 7.16. The van der Waals surface area contributed by atoms with Crippen LogP contribution in [-0.4, -0.2) is 24.0 Å². The van der Waals surface area contributed by atoms with Gasteiger partial charge in [-0.05, 0) is 49.9 Å². The lowest BCUT2D eigenvalue weighted by atomic mass is 9.99. The monoisotopic (exact) mass is 298 g/mol. The molecule has 3 nitrogen and oxygen atoms in total. The lowest BCUT2D eigenvalue weighted by Gasteiger charge is -2.29. The Balaban J connectivity index is 1.63. The third-order valence-electron chi connectivity index (χ3n) is 4.28. The second-order valence-electron chi connectivity index (χ2n) is 5.85. The van der Waals surface area contributed by atoms with Crippen LogP contribution in [0.1, 0.15) is 41.6 Å². The molecule has 0 aromatic heterocycles. The van der Waals surface area contributed by atoms with Crippen molar-refractivity contribution < 1.29 is 18.0 Å². The Bertz CT molecular complexity index is 515. The Labute approximate surface area is 120 Å². The summed E-state index contributed by atoms with van der Waals surface area (Å²) in [5.74, 6) is -0.296. The van der Waals surface area contributed by atoms with Gasteiger partial charge in [-0.25, -0.2) is 0 Å². The van der Waals surface area contributed by atoms with Crippen LogP contribution in [0.15, 0.2) is 24.3 Å². The highest BCUT2D eigenvalue weighted by molar-refractivity contribution is 5.94. The van der Waals surface area contributed by atoms with E-state index in [0.717, 1.165) is 37.8 Å². The summed E-state index contributed by atoms with van der Waals surface area (Å²) in [4.78, 5) is 12.1. The Morgan fingerprint density at radius 3 is 2.19 bits per heavy atom. The van der Waals surface area contributed by atoms with Crippen molar-refractivity contribution in [1.29, 1.82) is 0 Å². The van der Waals surface area contributed by atoms with Crippen LogP contribution < -0.4 is 10.6 Å². The van der Waals surface area contributed by atoms with Crippen LogP contribution in [0.3, 0.4) is 0 Å². The van der Waals surface area contributed by atoms with E-state index in [2.05, 4.69) is 10.6 Å². The molecule has 1 amide bonds. The highest BCUT2D eigenvalue weighted by Gasteiger charge is 2.34. The van der Waals surface area contributed by atoms with E-state index in [9.17, 15) is 18.0 Å². The van der Waals surface area contributed by atoms with Crippen LogP contribution in [0.4, 0.5) is 13.2 Å². The molecule has 2 atom stereocenters. The molecule has 2 bridgehead atoms. The zero-order chi connectivity index (χ0) is 15.0. The molecule has 2 N–H and O–H groups in total. The predicted octanol–water partition coefficient (Wildman–Crippen LogP) is 2.72. The highest BCUT2D eigenvalue weighted by Crippen LogP contribution is 2.29. The molecule has 6 heteroatoms. The molecule has 0 aliphatic carbocycles. The fraction of sp³-hybridized carbons (Fsp3) is 0.533. The van der Waals surface area contributed by atoms with Gasteiger partial charge in [-0.15, -0.1) is 0 Å². The van der Waals surface area contributed by atoms with E-state index in [0.29, 0.717) is 12.1 Å². The van der Waals surface area contributed by atoms with Crippen LogP contribution in [0.5, 0.6) is 0 Å². The minimum Gasteiger partial charge on any atom is -0.349 e. The van der Waals surface area contributed by atoms with Crippen LogP contribution in [0, 0.1) is 0 Å². The van der Waals surface area contributed by atoms with Crippen LogP contribution >= 0.6 is 0 Å². The maximum absolute atomic E-state index is 12.5. The van der Waals surface area contributed by atoms with E-state index in [4.69, 9.17) is 0 Å². The van der Waals surface area contributed by atoms with Gasteiger partial charge in [0.2, 0.25) is 0 Å². The van der Waals surface area contributed by atoms with E-state index in [1.807, 2.05) is 0 Å². The summed E-state index contributed by atoms with van der Waals surface area (Å²) >= 11 is 0. The van der Waals surface area contributed by atoms with E-state index >= 15 is 0 Å². The first-order valence-electron chi connectivity index (χ1n) is 7.16. The van der Waals surface area contributed by atoms with Gasteiger partial charge in [0, 0.05) is 23.7 Å². The minimum atomic E-state index is -4.37. The van der Waals surface area contributed by atoms with Crippen molar-refractivity contribution in [2.24, 2.45) is 0 Å². The third kappa shape index (κ3) is 3.20. The third-order valence-corrected chi connectivity index (χ3v) is 4.28. The topological polar surface area (TPSA) is 41.1 Å². The number of halogens is 3. The smallest absolute Gasteiger partial charge is 0.349 e. The number of hydrogen-bond donors (Lipinski definition) is 2. The maximum atomic E-state index is 12.5. The summed E-state index contributed by atoms with van der Waals surface area (Å²) in [7, 11) is 0. The van der Waals surface area contributed by atoms with Gasteiger partial charge in [0.05, 0.1) is 5.56 Å². The molecule has 2 unspecified atom stereocenters. The summed E-state index contributed by atoms with van der Waals surface area (Å²) in [6.45, 7) is 0. The molecule has 0 saturated carbocycles. The molecule has 2 aliphatic rings. The fourth-order valence-corrected chi connectivity index (χ4v) is 3.25. The van der Waals surface area contributed by atoms with Gasteiger partial charge >= 0.3 is 6.18 Å². The number of carbonyl (C=O) groups is 1. The summed E-state index contributed by atoms with van der Waals surface area (Å²) in [5, 5.41) is 6.42. The predicted molar refractivity (Wildman–Crippen MR) is 71.9 cm³/mol. The van der Waals surface area contributed by atoms with Crippen molar-refractivity contribution in [3.05, 3.63) is 35.4 Å². The number of nitrogens with one attached hydrogen (secondary N) is 2. The number of fused-ring (bicyclic) bond motifs is 2. The van der Waals surface area contributed by atoms with Crippen molar-refractivity contribution in [1.82, 2.24) is 10.6 Å². The Morgan fingerprint density at radius 2 is 1.67 bits per heavy atom. The maximum Gasteiger partial charge on any atom is 0.416 e. The number of rotatable bonds is 2. The molecule has 0 radical (unpaired) electrons. The second-order valence-corrected chi connectivity index (χ2v) is 5.85. The first-order chi connectivity index (χ1) is 9.91. The van der Waals surface area contributed by atoms with Gasteiger partial charge in [-0.3, -0.25) is 4.79 Å². The van der Waals surface area contributed by atoms with Crippen molar-refractivity contribution in [2.75, 3.05) is 0 Å². The van der Waals surface area contributed by atoms with E-state index < -0.39 is 11.7 Å². The molecule has 2 aliphatic heterocycles. The molecular weight excluding hydrogens is 281 g/mol. The van der Waals surface area contributed by atoms with Gasteiger partial charge < -0.3 is 10.6 Å². The Hall–Kier alpha value is -1.56. The van der Waals surface area contributed by atoms with Gasteiger partial charge in [-0.1, -0.05) is 0 Å². The number of piperidine rings is 1. The molecule has 114 valence electrons. The SMILES string of the molecule is O=C(NC1CC2CCC(C1)N2)c1ccc(C(F)(F)F)cc1. The average Bonchev–Trinajstić information content (AvgIpc) is 2.77. The summed E-state index contributed by atoms with van der Waals surface area (Å²) in [5.41, 5.74) is -0.465. The minimum absolute atomic E-state index is 0.110. The largest absolute Gasteiger partial charge is 0.416 e. The lowest BCUT2D eigenvalue weighted by Crippen LogP contribution is -2.48. The quantitative estimate of drug-likeness (QED) is 0.881. The first kappa shape index (κ1) is 14.4. The van der Waals surface area contributed by atoms with Gasteiger partial charge in [0.1, 0.15) is 0 Å². The molecule has 3 rings (SSSR count). The van der Waals surface area contributed by atoms with Crippen LogP contribution in [0.2, 0.25) is 0 Å².